The van der Waals surface area contributed by atoms with Crippen LogP contribution in [-0.2, 0) is 4.79 Å². The van der Waals surface area contributed by atoms with Gasteiger partial charge in [0.1, 0.15) is 0 Å². The Morgan fingerprint density at radius 3 is 2.89 bits per heavy atom. The SMILES string of the molecule is C[C@H](NC(=O)C1CC(O)CN1)c1ccccc1Br. The van der Waals surface area contributed by atoms with Crippen molar-refractivity contribution in [3.05, 3.63) is 34.3 Å². The molecule has 1 aliphatic heterocycles. The van der Waals surface area contributed by atoms with E-state index in [1.54, 1.807) is 0 Å². The van der Waals surface area contributed by atoms with Crippen LogP contribution in [0, 0.1) is 0 Å². The molecule has 98 valence electrons. The fourth-order valence-corrected chi connectivity index (χ4v) is 2.76. The molecule has 1 fully saturated rings. The molecule has 0 saturated carbocycles. The van der Waals surface area contributed by atoms with E-state index < -0.39 is 6.10 Å². The zero-order valence-electron chi connectivity index (χ0n) is 10.2. The Balaban J connectivity index is 1.97. The molecule has 3 atom stereocenters. The molecule has 1 aliphatic rings. The van der Waals surface area contributed by atoms with Crippen LogP contribution in [0.3, 0.4) is 0 Å². The molecule has 4 nitrogen and oxygen atoms in total. The number of aliphatic hydroxyl groups is 1. The minimum absolute atomic E-state index is 0.0604. The van der Waals surface area contributed by atoms with Gasteiger partial charge < -0.3 is 15.7 Å². The molecule has 1 amide bonds. The van der Waals surface area contributed by atoms with E-state index >= 15 is 0 Å². The van der Waals surface area contributed by atoms with Gasteiger partial charge in [-0.1, -0.05) is 34.1 Å². The maximum absolute atomic E-state index is 12.0. The van der Waals surface area contributed by atoms with Crippen LogP contribution in [-0.4, -0.2) is 29.7 Å². The smallest absolute Gasteiger partial charge is 0.237 e. The van der Waals surface area contributed by atoms with Gasteiger partial charge in [0.05, 0.1) is 18.2 Å². The fourth-order valence-electron chi connectivity index (χ4n) is 2.13. The zero-order chi connectivity index (χ0) is 13.1. The summed E-state index contributed by atoms with van der Waals surface area (Å²) in [4.78, 5) is 12.0. The highest BCUT2D eigenvalue weighted by molar-refractivity contribution is 9.10. The summed E-state index contributed by atoms with van der Waals surface area (Å²) in [5, 5.41) is 15.4. The van der Waals surface area contributed by atoms with Gasteiger partial charge in [0, 0.05) is 11.0 Å². The van der Waals surface area contributed by atoms with Gasteiger partial charge in [-0.25, -0.2) is 0 Å². The molecule has 5 heteroatoms. The average Bonchev–Trinajstić information content (AvgIpc) is 2.76. The first-order valence-electron chi connectivity index (χ1n) is 6.04. The number of hydrogen-bond acceptors (Lipinski definition) is 3. The number of amides is 1. The lowest BCUT2D eigenvalue weighted by Gasteiger charge is -2.18. The van der Waals surface area contributed by atoms with Gasteiger partial charge in [-0.15, -0.1) is 0 Å². The van der Waals surface area contributed by atoms with Gasteiger partial charge >= 0.3 is 0 Å². The number of carbonyl (C=O) groups excluding carboxylic acids is 1. The van der Waals surface area contributed by atoms with Crippen LogP contribution in [0.15, 0.2) is 28.7 Å². The van der Waals surface area contributed by atoms with E-state index in [0.29, 0.717) is 13.0 Å². The minimum atomic E-state index is -0.417. The lowest BCUT2D eigenvalue weighted by molar-refractivity contribution is -0.123. The molecule has 3 N–H and O–H groups in total. The molecule has 18 heavy (non-hydrogen) atoms. The molecule has 0 aliphatic carbocycles. The third-order valence-electron chi connectivity index (χ3n) is 3.15. The molecular weight excluding hydrogens is 296 g/mol. The number of halogens is 1. The van der Waals surface area contributed by atoms with Crippen LogP contribution in [0.5, 0.6) is 0 Å². The van der Waals surface area contributed by atoms with Crippen LogP contribution in [0.25, 0.3) is 0 Å². The predicted molar refractivity (Wildman–Crippen MR) is 73.1 cm³/mol. The van der Waals surface area contributed by atoms with Crippen molar-refractivity contribution in [2.45, 2.75) is 31.5 Å². The van der Waals surface area contributed by atoms with Gasteiger partial charge in [-0.2, -0.15) is 0 Å². The number of β-amino-alcohol motifs (C(OH)–C–C–N with tert-alkyl or cyclic N) is 1. The number of benzene rings is 1. The second-order valence-electron chi connectivity index (χ2n) is 4.60. The van der Waals surface area contributed by atoms with Crippen LogP contribution in [0.1, 0.15) is 24.9 Å². The largest absolute Gasteiger partial charge is 0.392 e. The summed E-state index contributed by atoms with van der Waals surface area (Å²) in [5.74, 6) is -0.0604. The number of rotatable bonds is 3. The quantitative estimate of drug-likeness (QED) is 0.789. The molecular formula is C13H17BrN2O2. The van der Waals surface area contributed by atoms with Crippen LogP contribution < -0.4 is 10.6 Å². The van der Waals surface area contributed by atoms with E-state index in [1.807, 2.05) is 31.2 Å². The van der Waals surface area contributed by atoms with E-state index in [-0.39, 0.29) is 18.0 Å². The third kappa shape index (κ3) is 3.10. The molecule has 1 heterocycles. The molecule has 1 aromatic rings. The molecule has 2 rings (SSSR count). The Labute approximate surface area is 115 Å². The first kappa shape index (κ1) is 13.5. The van der Waals surface area contributed by atoms with Crippen molar-refractivity contribution in [1.82, 2.24) is 10.6 Å². The van der Waals surface area contributed by atoms with Crippen molar-refractivity contribution in [2.24, 2.45) is 0 Å². The monoisotopic (exact) mass is 312 g/mol. The molecule has 1 saturated heterocycles. The van der Waals surface area contributed by atoms with Gasteiger partial charge in [-0.3, -0.25) is 4.79 Å². The summed E-state index contributed by atoms with van der Waals surface area (Å²) in [6, 6.07) is 7.47. The van der Waals surface area contributed by atoms with E-state index in [2.05, 4.69) is 26.6 Å². The number of aliphatic hydroxyl groups excluding tert-OH is 1. The Morgan fingerprint density at radius 1 is 1.56 bits per heavy atom. The summed E-state index contributed by atoms with van der Waals surface area (Å²) in [7, 11) is 0. The standard InChI is InChI=1S/C13H17BrN2O2/c1-8(10-4-2-3-5-11(10)14)16-13(18)12-6-9(17)7-15-12/h2-5,8-9,12,15,17H,6-7H2,1H3,(H,16,18)/t8-,9?,12?/m0/s1. The summed E-state index contributed by atoms with van der Waals surface area (Å²) in [6.45, 7) is 2.44. The summed E-state index contributed by atoms with van der Waals surface area (Å²) < 4.78 is 0.984. The van der Waals surface area contributed by atoms with E-state index in [9.17, 15) is 9.90 Å². The second-order valence-corrected chi connectivity index (χ2v) is 5.46. The topological polar surface area (TPSA) is 61.4 Å². The van der Waals surface area contributed by atoms with Crippen molar-refractivity contribution < 1.29 is 9.90 Å². The molecule has 0 bridgehead atoms. The zero-order valence-corrected chi connectivity index (χ0v) is 11.8. The summed E-state index contributed by atoms with van der Waals surface area (Å²) in [6.07, 6.45) is 0.0636. The Kier molecular flexibility index (Phi) is 4.37. The first-order chi connectivity index (χ1) is 8.58. The van der Waals surface area contributed by atoms with E-state index in [0.717, 1.165) is 10.0 Å². The summed E-state index contributed by atoms with van der Waals surface area (Å²) in [5.41, 5.74) is 1.05. The van der Waals surface area contributed by atoms with Crippen molar-refractivity contribution in [3.8, 4) is 0 Å². The molecule has 0 radical (unpaired) electrons. The Morgan fingerprint density at radius 2 is 2.28 bits per heavy atom. The lowest BCUT2D eigenvalue weighted by Crippen LogP contribution is -2.41. The van der Waals surface area contributed by atoms with E-state index in [4.69, 9.17) is 0 Å². The third-order valence-corrected chi connectivity index (χ3v) is 3.88. The first-order valence-corrected chi connectivity index (χ1v) is 6.83. The van der Waals surface area contributed by atoms with Gasteiger partial charge in [0.25, 0.3) is 0 Å². The maximum atomic E-state index is 12.0. The maximum Gasteiger partial charge on any atom is 0.237 e. The van der Waals surface area contributed by atoms with Crippen LogP contribution in [0.4, 0.5) is 0 Å². The van der Waals surface area contributed by atoms with Crippen molar-refractivity contribution in [3.63, 3.8) is 0 Å². The van der Waals surface area contributed by atoms with Crippen molar-refractivity contribution in [1.29, 1.82) is 0 Å². The number of nitrogens with one attached hydrogen (secondary N) is 2. The van der Waals surface area contributed by atoms with Crippen LogP contribution in [0.2, 0.25) is 0 Å². The van der Waals surface area contributed by atoms with Gasteiger partial charge in [0.15, 0.2) is 0 Å². The fraction of sp³-hybridized carbons (Fsp3) is 0.462. The number of carbonyl (C=O) groups is 1. The predicted octanol–water partition coefficient (Wildman–Crippen LogP) is 1.35. The Hall–Kier alpha value is -0.910. The lowest BCUT2D eigenvalue weighted by atomic mass is 10.1. The normalized spacial score (nSPS) is 24.8. The van der Waals surface area contributed by atoms with Crippen molar-refractivity contribution >= 4 is 21.8 Å². The highest BCUT2D eigenvalue weighted by atomic mass is 79.9. The second kappa shape index (κ2) is 5.82. The highest BCUT2D eigenvalue weighted by Crippen LogP contribution is 2.23. The molecule has 1 aromatic carbocycles. The van der Waals surface area contributed by atoms with Gasteiger partial charge in [0.2, 0.25) is 5.91 Å². The highest BCUT2D eigenvalue weighted by Gasteiger charge is 2.28. The van der Waals surface area contributed by atoms with Crippen LogP contribution >= 0.6 is 15.9 Å². The molecule has 0 aromatic heterocycles. The molecule has 0 spiro atoms. The van der Waals surface area contributed by atoms with Gasteiger partial charge in [-0.05, 0) is 25.0 Å². The molecule has 2 unspecified atom stereocenters. The van der Waals surface area contributed by atoms with Crippen molar-refractivity contribution in [2.75, 3.05) is 6.54 Å². The summed E-state index contributed by atoms with van der Waals surface area (Å²) >= 11 is 3.47. The average molecular weight is 313 g/mol. The van der Waals surface area contributed by atoms with E-state index in [1.165, 1.54) is 0 Å². The Bertz CT molecular complexity index is 439. The minimum Gasteiger partial charge on any atom is -0.392 e. The number of hydrogen-bond donors (Lipinski definition) is 3.